The van der Waals surface area contributed by atoms with Crippen LogP contribution >= 0.6 is 0 Å². The molecule has 0 saturated carbocycles. The molecular formula is C10H17N3O. The molecule has 0 fully saturated rings. The number of anilines is 2. The van der Waals surface area contributed by atoms with Gasteiger partial charge in [0.1, 0.15) is 0 Å². The van der Waals surface area contributed by atoms with Crippen LogP contribution in [0.15, 0.2) is 18.5 Å². The fourth-order valence-corrected chi connectivity index (χ4v) is 1.25. The first-order chi connectivity index (χ1) is 6.65. The molecule has 1 aromatic rings. The zero-order chi connectivity index (χ0) is 10.6. The highest BCUT2D eigenvalue weighted by Gasteiger charge is 2.09. The van der Waals surface area contributed by atoms with Crippen LogP contribution in [-0.2, 0) is 4.74 Å². The van der Waals surface area contributed by atoms with Gasteiger partial charge in [-0.25, -0.2) is 0 Å². The number of aromatic nitrogens is 1. The highest BCUT2D eigenvalue weighted by atomic mass is 16.5. The molecule has 0 bridgehead atoms. The summed E-state index contributed by atoms with van der Waals surface area (Å²) in [4.78, 5) is 6.13. The summed E-state index contributed by atoms with van der Waals surface area (Å²) in [6.07, 6.45) is 3.43. The molecule has 0 aliphatic rings. The van der Waals surface area contributed by atoms with Gasteiger partial charge in [-0.2, -0.15) is 0 Å². The summed E-state index contributed by atoms with van der Waals surface area (Å²) in [7, 11) is 3.70. The van der Waals surface area contributed by atoms with Gasteiger partial charge >= 0.3 is 0 Å². The smallest absolute Gasteiger partial charge is 0.0663 e. The van der Waals surface area contributed by atoms with Crippen molar-refractivity contribution in [1.29, 1.82) is 0 Å². The third-order valence-corrected chi connectivity index (χ3v) is 2.22. The first kappa shape index (κ1) is 10.8. The lowest BCUT2D eigenvalue weighted by Gasteiger charge is -2.26. The van der Waals surface area contributed by atoms with Crippen LogP contribution in [0.2, 0.25) is 0 Å². The van der Waals surface area contributed by atoms with Crippen LogP contribution in [0, 0.1) is 0 Å². The third kappa shape index (κ3) is 2.60. The Balaban J connectivity index is 2.73. The van der Waals surface area contributed by atoms with Gasteiger partial charge in [-0.05, 0) is 13.0 Å². The molecule has 4 nitrogen and oxygen atoms in total. The Hall–Kier alpha value is -1.29. The monoisotopic (exact) mass is 195 g/mol. The second-order valence-electron chi connectivity index (χ2n) is 3.39. The Labute approximate surface area is 84.7 Å². The molecule has 1 atom stereocenters. The maximum absolute atomic E-state index is 5.65. The first-order valence-electron chi connectivity index (χ1n) is 4.57. The standard InChI is InChI=1S/C10H17N3O/c1-8(7-14-3)13(2)10-4-9(11)5-12-6-10/h4-6,8H,7,11H2,1-3H3. The minimum atomic E-state index is 0.309. The van der Waals surface area contributed by atoms with Gasteiger partial charge in [0, 0.05) is 26.4 Å². The van der Waals surface area contributed by atoms with E-state index in [-0.39, 0.29) is 0 Å². The second kappa shape index (κ2) is 4.81. The normalized spacial score (nSPS) is 12.5. The largest absolute Gasteiger partial charge is 0.397 e. The molecule has 0 aliphatic heterocycles. The summed E-state index contributed by atoms with van der Waals surface area (Å²) < 4.78 is 5.08. The molecule has 4 heteroatoms. The highest BCUT2D eigenvalue weighted by molar-refractivity contribution is 5.53. The molecule has 2 N–H and O–H groups in total. The average Bonchev–Trinajstić information content (AvgIpc) is 2.17. The number of methoxy groups -OCH3 is 1. The molecule has 0 amide bonds. The molecular weight excluding hydrogens is 178 g/mol. The summed E-state index contributed by atoms with van der Waals surface area (Å²) in [5, 5.41) is 0. The molecule has 14 heavy (non-hydrogen) atoms. The van der Waals surface area contributed by atoms with Crippen LogP contribution in [0.1, 0.15) is 6.92 Å². The summed E-state index contributed by atoms with van der Waals surface area (Å²) in [6.45, 7) is 2.78. The molecule has 0 aliphatic carbocycles. The average molecular weight is 195 g/mol. The van der Waals surface area contributed by atoms with Crippen molar-refractivity contribution in [2.24, 2.45) is 0 Å². The van der Waals surface area contributed by atoms with E-state index in [4.69, 9.17) is 10.5 Å². The Bertz CT molecular complexity index is 290. The fourth-order valence-electron chi connectivity index (χ4n) is 1.25. The van der Waals surface area contributed by atoms with E-state index in [0.29, 0.717) is 18.3 Å². The van der Waals surface area contributed by atoms with Crippen LogP contribution in [0.4, 0.5) is 11.4 Å². The number of nitrogens with zero attached hydrogens (tertiary/aromatic N) is 2. The SMILES string of the molecule is COCC(C)N(C)c1cncc(N)c1. The van der Waals surface area contributed by atoms with Gasteiger partial charge in [-0.15, -0.1) is 0 Å². The lowest BCUT2D eigenvalue weighted by Crippen LogP contribution is -2.32. The number of hydrogen-bond donors (Lipinski definition) is 1. The zero-order valence-electron chi connectivity index (χ0n) is 8.90. The maximum atomic E-state index is 5.65. The lowest BCUT2D eigenvalue weighted by molar-refractivity contribution is 0.183. The summed E-state index contributed by atoms with van der Waals surface area (Å²) >= 11 is 0. The van der Waals surface area contributed by atoms with E-state index in [2.05, 4.69) is 16.8 Å². The number of rotatable bonds is 4. The molecule has 78 valence electrons. The summed E-state index contributed by atoms with van der Waals surface area (Å²) in [5.74, 6) is 0. The highest BCUT2D eigenvalue weighted by Crippen LogP contribution is 2.16. The van der Waals surface area contributed by atoms with E-state index in [1.807, 2.05) is 13.1 Å². The molecule has 1 aromatic heterocycles. The topological polar surface area (TPSA) is 51.4 Å². The van der Waals surface area contributed by atoms with Crippen LogP contribution in [0.25, 0.3) is 0 Å². The molecule has 1 unspecified atom stereocenters. The lowest BCUT2D eigenvalue weighted by atomic mass is 10.2. The number of nitrogens with two attached hydrogens (primary N) is 1. The van der Waals surface area contributed by atoms with Gasteiger partial charge in [0.05, 0.1) is 24.2 Å². The Morgan fingerprint density at radius 3 is 2.86 bits per heavy atom. The fraction of sp³-hybridized carbons (Fsp3) is 0.500. The van der Waals surface area contributed by atoms with E-state index in [1.54, 1.807) is 19.5 Å². The minimum Gasteiger partial charge on any atom is -0.397 e. The van der Waals surface area contributed by atoms with Gasteiger partial charge in [-0.1, -0.05) is 0 Å². The summed E-state index contributed by atoms with van der Waals surface area (Å²) in [5.41, 5.74) is 7.34. The van der Waals surface area contributed by atoms with E-state index in [1.165, 1.54) is 0 Å². The van der Waals surface area contributed by atoms with Gasteiger partial charge in [-0.3, -0.25) is 4.98 Å². The molecule has 0 aromatic carbocycles. The van der Waals surface area contributed by atoms with E-state index in [0.717, 1.165) is 5.69 Å². The number of ether oxygens (including phenoxy) is 1. The zero-order valence-corrected chi connectivity index (χ0v) is 8.90. The van der Waals surface area contributed by atoms with Crippen LogP contribution in [0.5, 0.6) is 0 Å². The predicted octanol–water partition coefficient (Wildman–Crippen LogP) is 1.13. The maximum Gasteiger partial charge on any atom is 0.0663 e. The number of nitrogen functional groups attached to an aromatic ring is 1. The summed E-state index contributed by atoms with van der Waals surface area (Å²) in [6, 6.07) is 2.21. The van der Waals surface area contributed by atoms with Gasteiger partial charge in [0.15, 0.2) is 0 Å². The molecule has 0 saturated heterocycles. The van der Waals surface area contributed by atoms with Gasteiger partial charge in [0.25, 0.3) is 0 Å². The molecule has 0 radical (unpaired) electrons. The molecule has 1 heterocycles. The van der Waals surface area contributed by atoms with Gasteiger partial charge in [0.2, 0.25) is 0 Å². The van der Waals surface area contributed by atoms with Crippen molar-refractivity contribution in [3.63, 3.8) is 0 Å². The molecule has 1 rings (SSSR count). The Morgan fingerprint density at radius 1 is 1.57 bits per heavy atom. The van der Waals surface area contributed by atoms with Crippen LogP contribution in [0.3, 0.4) is 0 Å². The second-order valence-corrected chi connectivity index (χ2v) is 3.39. The van der Waals surface area contributed by atoms with Crippen molar-refractivity contribution in [3.8, 4) is 0 Å². The molecule has 0 spiro atoms. The Kier molecular flexibility index (Phi) is 3.71. The number of hydrogen-bond acceptors (Lipinski definition) is 4. The van der Waals surface area contributed by atoms with E-state index in [9.17, 15) is 0 Å². The van der Waals surface area contributed by atoms with Crippen LogP contribution in [-0.4, -0.2) is 31.8 Å². The van der Waals surface area contributed by atoms with Crippen molar-refractivity contribution >= 4 is 11.4 Å². The third-order valence-electron chi connectivity index (χ3n) is 2.22. The number of pyridine rings is 1. The van der Waals surface area contributed by atoms with Gasteiger partial charge < -0.3 is 15.4 Å². The van der Waals surface area contributed by atoms with E-state index < -0.39 is 0 Å². The Morgan fingerprint density at radius 2 is 2.29 bits per heavy atom. The van der Waals surface area contributed by atoms with Crippen molar-refractivity contribution in [2.45, 2.75) is 13.0 Å². The van der Waals surface area contributed by atoms with Crippen molar-refractivity contribution < 1.29 is 4.74 Å². The van der Waals surface area contributed by atoms with Crippen molar-refractivity contribution in [1.82, 2.24) is 4.98 Å². The van der Waals surface area contributed by atoms with Crippen molar-refractivity contribution in [2.75, 3.05) is 31.4 Å². The minimum absolute atomic E-state index is 0.309. The van der Waals surface area contributed by atoms with Crippen molar-refractivity contribution in [3.05, 3.63) is 18.5 Å². The van der Waals surface area contributed by atoms with E-state index >= 15 is 0 Å². The quantitative estimate of drug-likeness (QED) is 0.782. The first-order valence-corrected chi connectivity index (χ1v) is 4.57. The number of likely N-dealkylation sites (N-methyl/N-ethyl adjacent to an activating group) is 1. The predicted molar refractivity (Wildman–Crippen MR) is 58.4 cm³/mol. The van der Waals surface area contributed by atoms with Crippen LogP contribution < -0.4 is 10.6 Å².